The minimum Gasteiger partial charge on any atom is -0.376 e. The summed E-state index contributed by atoms with van der Waals surface area (Å²) in [6, 6.07) is 10.3. The van der Waals surface area contributed by atoms with Crippen molar-refractivity contribution in [3.63, 3.8) is 0 Å². The van der Waals surface area contributed by atoms with Gasteiger partial charge in [-0.05, 0) is 18.9 Å². The summed E-state index contributed by atoms with van der Waals surface area (Å²) in [7, 11) is -4.67. The van der Waals surface area contributed by atoms with Gasteiger partial charge in [-0.15, -0.1) is 0 Å². The second-order valence-electron chi connectivity index (χ2n) is 4.13. The van der Waals surface area contributed by atoms with Crippen molar-refractivity contribution in [3.05, 3.63) is 35.9 Å². The van der Waals surface area contributed by atoms with Gasteiger partial charge in [-0.1, -0.05) is 30.3 Å². The molecule has 8 nitrogen and oxygen atoms in total. The predicted molar refractivity (Wildman–Crippen MR) is 80.4 cm³/mol. The largest absolute Gasteiger partial charge is 0.394 e. The molecular weight excluding hydrogens is 298 g/mol. The van der Waals surface area contributed by atoms with Crippen LogP contribution in [0.15, 0.2) is 35.3 Å². The van der Waals surface area contributed by atoms with Crippen molar-refractivity contribution in [1.82, 2.24) is 0 Å². The van der Waals surface area contributed by atoms with E-state index in [1.807, 2.05) is 25.1 Å². The molecule has 0 aromatic heterocycles. The van der Waals surface area contributed by atoms with Crippen LogP contribution in [0, 0.1) is 0 Å². The van der Waals surface area contributed by atoms with Crippen LogP contribution in [-0.4, -0.2) is 42.7 Å². The molecule has 9 heteroatoms. The fourth-order valence-corrected chi connectivity index (χ4v) is 1.43. The second-order valence-corrected chi connectivity index (χ2v) is 5.02. The molecule has 1 rings (SSSR count). The van der Waals surface area contributed by atoms with Crippen molar-refractivity contribution < 1.29 is 22.3 Å². The minimum atomic E-state index is -4.67. The zero-order valence-electron chi connectivity index (χ0n) is 11.7. The van der Waals surface area contributed by atoms with Crippen molar-refractivity contribution >= 4 is 16.4 Å². The summed E-state index contributed by atoms with van der Waals surface area (Å²) in [6.45, 7) is 3.11. The maximum atomic E-state index is 8.74. The van der Waals surface area contributed by atoms with Gasteiger partial charge in [0.1, 0.15) is 0 Å². The molecule has 0 bridgehead atoms. The van der Waals surface area contributed by atoms with Gasteiger partial charge in [0.2, 0.25) is 0 Å². The Bertz CT molecular complexity index is 507. The number of benzene rings is 1. The van der Waals surface area contributed by atoms with Crippen molar-refractivity contribution in [2.24, 2.45) is 16.5 Å². The first-order valence-electron chi connectivity index (χ1n) is 6.09. The molecule has 0 amide bonds. The van der Waals surface area contributed by atoms with E-state index in [1.165, 1.54) is 5.56 Å². The number of aliphatic imine (C=N–C) groups is 1. The summed E-state index contributed by atoms with van der Waals surface area (Å²) < 4.78 is 37.2. The number of ether oxygens (including phenoxy) is 1. The Balaban J connectivity index is 0.000000690. The summed E-state index contributed by atoms with van der Waals surface area (Å²) in [5.41, 5.74) is 11.7. The molecule has 6 N–H and O–H groups in total. The van der Waals surface area contributed by atoms with E-state index in [0.29, 0.717) is 13.2 Å². The van der Waals surface area contributed by atoms with Gasteiger partial charge >= 0.3 is 10.4 Å². The van der Waals surface area contributed by atoms with Gasteiger partial charge in [-0.2, -0.15) is 8.42 Å². The molecule has 0 aliphatic carbocycles. The van der Waals surface area contributed by atoms with Crippen molar-refractivity contribution in [1.29, 1.82) is 0 Å². The quantitative estimate of drug-likeness (QED) is 0.254. The third kappa shape index (κ3) is 16.3. The van der Waals surface area contributed by atoms with E-state index in [1.54, 1.807) is 0 Å². The Morgan fingerprint density at radius 2 is 1.81 bits per heavy atom. The summed E-state index contributed by atoms with van der Waals surface area (Å²) in [5.74, 6) is 0.110. The standard InChI is InChI=1S/C12H19N3O.H2O4S/c1-10(16-8-7-15-12(13)14)9-11-5-3-2-4-6-11;1-5(2,3)4/h2-6,10H,7-9H2,1H3,(H4,13,14,15);(H2,1,2,3,4). The Morgan fingerprint density at radius 3 is 2.29 bits per heavy atom. The highest BCUT2D eigenvalue weighted by Gasteiger charge is 2.02. The van der Waals surface area contributed by atoms with Gasteiger partial charge in [0.05, 0.1) is 19.3 Å². The van der Waals surface area contributed by atoms with Crippen molar-refractivity contribution in [2.75, 3.05) is 13.2 Å². The molecule has 0 saturated heterocycles. The topological polar surface area (TPSA) is 148 Å². The molecule has 0 fully saturated rings. The predicted octanol–water partition coefficient (Wildman–Crippen LogP) is 0.255. The van der Waals surface area contributed by atoms with E-state index in [0.717, 1.165) is 6.42 Å². The number of hydrogen-bond acceptors (Lipinski definition) is 4. The van der Waals surface area contributed by atoms with E-state index in [2.05, 4.69) is 17.1 Å². The lowest BCUT2D eigenvalue weighted by atomic mass is 10.1. The zero-order chi connectivity index (χ0) is 16.3. The number of guanidine groups is 1. The van der Waals surface area contributed by atoms with E-state index in [4.69, 9.17) is 33.7 Å². The van der Waals surface area contributed by atoms with Crippen LogP contribution in [0.1, 0.15) is 12.5 Å². The normalized spacial score (nSPS) is 12.0. The molecule has 21 heavy (non-hydrogen) atoms. The van der Waals surface area contributed by atoms with Crippen LogP contribution in [0.2, 0.25) is 0 Å². The average molecular weight is 319 g/mol. The fourth-order valence-electron chi connectivity index (χ4n) is 1.43. The number of nitrogens with zero attached hydrogens (tertiary/aromatic N) is 1. The molecule has 0 spiro atoms. The molecular formula is C12H21N3O5S. The Labute approximate surface area is 124 Å². The third-order valence-corrected chi connectivity index (χ3v) is 2.15. The van der Waals surface area contributed by atoms with Crippen LogP contribution >= 0.6 is 0 Å². The molecule has 0 aliphatic heterocycles. The smallest absolute Gasteiger partial charge is 0.376 e. The molecule has 0 saturated carbocycles. The molecule has 0 aliphatic rings. The van der Waals surface area contributed by atoms with Crippen LogP contribution in [0.25, 0.3) is 0 Å². The van der Waals surface area contributed by atoms with Crippen LogP contribution in [0.5, 0.6) is 0 Å². The molecule has 0 heterocycles. The van der Waals surface area contributed by atoms with E-state index in [-0.39, 0.29) is 12.1 Å². The second kappa shape index (κ2) is 10.1. The van der Waals surface area contributed by atoms with E-state index < -0.39 is 10.4 Å². The van der Waals surface area contributed by atoms with Gasteiger partial charge in [-0.3, -0.25) is 14.1 Å². The maximum absolute atomic E-state index is 8.74. The van der Waals surface area contributed by atoms with Gasteiger partial charge in [0.15, 0.2) is 5.96 Å². The van der Waals surface area contributed by atoms with Crippen LogP contribution in [0.4, 0.5) is 0 Å². The molecule has 1 atom stereocenters. The SMILES string of the molecule is CC(Cc1ccccc1)OCCN=C(N)N.O=S(=O)(O)O. The lowest BCUT2D eigenvalue weighted by molar-refractivity contribution is 0.0725. The van der Waals surface area contributed by atoms with Crippen LogP contribution < -0.4 is 11.5 Å². The Hall–Kier alpha value is -1.68. The van der Waals surface area contributed by atoms with Crippen molar-refractivity contribution in [2.45, 2.75) is 19.4 Å². The molecule has 0 radical (unpaired) electrons. The highest BCUT2D eigenvalue weighted by molar-refractivity contribution is 7.79. The molecule has 1 aromatic carbocycles. The number of hydrogen-bond donors (Lipinski definition) is 4. The van der Waals surface area contributed by atoms with Crippen LogP contribution in [-0.2, 0) is 21.6 Å². The average Bonchev–Trinajstić information content (AvgIpc) is 2.34. The third-order valence-electron chi connectivity index (χ3n) is 2.15. The fraction of sp³-hybridized carbons (Fsp3) is 0.417. The Kier molecular flexibility index (Phi) is 9.30. The zero-order valence-corrected chi connectivity index (χ0v) is 12.5. The minimum absolute atomic E-state index is 0.110. The highest BCUT2D eigenvalue weighted by Crippen LogP contribution is 2.05. The first kappa shape index (κ1) is 19.3. The van der Waals surface area contributed by atoms with Gasteiger partial charge in [0, 0.05) is 0 Å². The number of nitrogens with two attached hydrogens (primary N) is 2. The number of rotatable bonds is 6. The Morgan fingerprint density at radius 1 is 1.29 bits per heavy atom. The van der Waals surface area contributed by atoms with E-state index in [9.17, 15) is 0 Å². The van der Waals surface area contributed by atoms with Gasteiger partial charge < -0.3 is 16.2 Å². The van der Waals surface area contributed by atoms with Crippen molar-refractivity contribution in [3.8, 4) is 0 Å². The monoisotopic (exact) mass is 319 g/mol. The van der Waals surface area contributed by atoms with Gasteiger partial charge in [0.25, 0.3) is 0 Å². The van der Waals surface area contributed by atoms with E-state index >= 15 is 0 Å². The first-order valence-corrected chi connectivity index (χ1v) is 7.49. The lowest BCUT2D eigenvalue weighted by Gasteiger charge is -2.12. The maximum Gasteiger partial charge on any atom is 0.394 e. The lowest BCUT2D eigenvalue weighted by Crippen LogP contribution is -2.24. The summed E-state index contributed by atoms with van der Waals surface area (Å²) in [4.78, 5) is 3.85. The summed E-state index contributed by atoms with van der Waals surface area (Å²) in [6.07, 6.45) is 1.08. The van der Waals surface area contributed by atoms with Gasteiger partial charge in [-0.25, -0.2) is 0 Å². The molecule has 120 valence electrons. The first-order chi connectivity index (χ1) is 9.68. The summed E-state index contributed by atoms with van der Waals surface area (Å²) >= 11 is 0. The van der Waals surface area contributed by atoms with Crippen LogP contribution in [0.3, 0.4) is 0 Å². The molecule has 1 unspecified atom stereocenters. The summed E-state index contributed by atoms with van der Waals surface area (Å²) in [5, 5.41) is 0. The molecule has 1 aromatic rings. The highest BCUT2D eigenvalue weighted by atomic mass is 32.3.